The minimum atomic E-state index is -3.96. The summed E-state index contributed by atoms with van der Waals surface area (Å²) >= 11 is 0. The molecule has 1 saturated heterocycles. The van der Waals surface area contributed by atoms with E-state index in [0.717, 1.165) is 17.5 Å². The molecule has 43 heavy (non-hydrogen) atoms. The summed E-state index contributed by atoms with van der Waals surface area (Å²) in [5.74, 6) is -1.13. The van der Waals surface area contributed by atoms with Crippen LogP contribution in [-0.2, 0) is 32.4 Å². The molecule has 0 aromatic heterocycles. The molecule has 9 nitrogen and oxygen atoms in total. The number of hydrogen-bond acceptors (Lipinski definition) is 6. The highest BCUT2D eigenvalue weighted by Gasteiger charge is 2.39. The van der Waals surface area contributed by atoms with Gasteiger partial charge in [-0.25, -0.2) is 17.6 Å². The maximum Gasteiger partial charge on any atom is 0.415 e. The molecule has 0 aliphatic carbocycles. The number of aliphatic hydroxyl groups is 1. The quantitative estimate of drug-likeness (QED) is 0.300. The number of aliphatic hydroxyl groups excluding tert-OH is 1. The van der Waals surface area contributed by atoms with Crippen molar-refractivity contribution in [3.63, 3.8) is 0 Å². The van der Waals surface area contributed by atoms with E-state index >= 15 is 0 Å². The lowest BCUT2D eigenvalue weighted by atomic mass is 10.0. The van der Waals surface area contributed by atoms with Crippen LogP contribution < -0.4 is 10.2 Å². The molecule has 1 fully saturated rings. The van der Waals surface area contributed by atoms with E-state index in [9.17, 15) is 27.5 Å². The number of carbonyl (C=O) groups excluding carboxylic acids is 2. The lowest BCUT2D eigenvalue weighted by Gasteiger charge is -2.31. The van der Waals surface area contributed by atoms with Crippen molar-refractivity contribution < 1.29 is 32.2 Å². The second kappa shape index (κ2) is 14.1. The molecule has 1 aliphatic rings. The predicted molar refractivity (Wildman–Crippen MR) is 162 cm³/mol. The van der Waals surface area contributed by atoms with E-state index in [4.69, 9.17) is 4.74 Å². The number of benzene rings is 3. The van der Waals surface area contributed by atoms with E-state index in [-0.39, 0.29) is 36.9 Å². The fourth-order valence-electron chi connectivity index (χ4n) is 4.92. The largest absolute Gasteiger partial charge is 0.434 e. The monoisotopic (exact) mass is 611 g/mol. The molecule has 1 aliphatic heterocycles. The van der Waals surface area contributed by atoms with Crippen molar-refractivity contribution in [1.29, 1.82) is 0 Å². The number of anilines is 1. The standard InChI is InChI=1S/C32H38FN3O6S/c1-4-23-10-16-27(17-11-23)43(40,41)35(19-22(2)3)20-29(37)28(18-24-8-6-5-7-9-24)34-31(38)30-21-36(32(39)42-30)26-14-12-25(33)13-15-26/h5-17,22,28-30,37H,4,18-21H2,1-3H3,(H,34,38)/t28-,29+,30-/m0/s1. The Morgan fingerprint density at radius 3 is 2.28 bits per heavy atom. The molecule has 0 spiro atoms. The van der Waals surface area contributed by atoms with Gasteiger partial charge in [-0.1, -0.05) is 63.2 Å². The highest BCUT2D eigenvalue weighted by atomic mass is 32.2. The van der Waals surface area contributed by atoms with Crippen molar-refractivity contribution in [3.8, 4) is 0 Å². The van der Waals surface area contributed by atoms with Crippen LogP contribution in [0, 0.1) is 11.7 Å². The fourth-order valence-corrected chi connectivity index (χ4v) is 6.54. The number of cyclic esters (lactones) is 1. The van der Waals surface area contributed by atoms with Gasteiger partial charge in [0, 0.05) is 18.8 Å². The number of aryl methyl sites for hydroxylation is 1. The summed E-state index contributed by atoms with van der Waals surface area (Å²) in [4.78, 5) is 27.2. The zero-order chi connectivity index (χ0) is 31.1. The highest BCUT2D eigenvalue weighted by molar-refractivity contribution is 7.89. The Bertz CT molecular complexity index is 1480. The Morgan fingerprint density at radius 2 is 1.67 bits per heavy atom. The third kappa shape index (κ3) is 8.19. The summed E-state index contributed by atoms with van der Waals surface area (Å²) in [5, 5.41) is 14.3. The number of nitrogens with one attached hydrogen (secondary N) is 1. The van der Waals surface area contributed by atoms with Crippen molar-refractivity contribution in [3.05, 3.63) is 95.8 Å². The Kier molecular flexibility index (Phi) is 10.5. The van der Waals surface area contributed by atoms with Crippen LogP contribution in [0.25, 0.3) is 0 Å². The summed E-state index contributed by atoms with van der Waals surface area (Å²) in [6.45, 7) is 5.55. The van der Waals surface area contributed by atoms with Gasteiger partial charge in [0.1, 0.15) is 5.82 Å². The Balaban J connectivity index is 1.54. The third-order valence-electron chi connectivity index (χ3n) is 7.26. The first-order valence-electron chi connectivity index (χ1n) is 14.3. The van der Waals surface area contributed by atoms with Crippen LogP contribution >= 0.6 is 0 Å². The summed E-state index contributed by atoms with van der Waals surface area (Å²) in [6.07, 6.45) is -2.26. The molecule has 0 unspecified atom stereocenters. The second-order valence-electron chi connectivity index (χ2n) is 11.0. The van der Waals surface area contributed by atoms with Gasteiger partial charge in [0.25, 0.3) is 5.91 Å². The van der Waals surface area contributed by atoms with Gasteiger partial charge < -0.3 is 15.2 Å². The van der Waals surface area contributed by atoms with E-state index in [1.54, 1.807) is 24.3 Å². The van der Waals surface area contributed by atoms with E-state index < -0.39 is 46.1 Å². The number of hydrogen-bond donors (Lipinski definition) is 2. The van der Waals surface area contributed by atoms with E-state index in [0.29, 0.717) is 5.69 Å². The molecule has 0 radical (unpaired) electrons. The fraction of sp³-hybridized carbons (Fsp3) is 0.375. The molecule has 4 rings (SSSR count). The first-order valence-corrected chi connectivity index (χ1v) is 15.8. The number of rotatable bonds is 13. The third-order valence-corrected chi connectivity index (χ3v) is 9.11. The van der Waals surface area contributed by atoms with Gasteiger partial charge in [0.2, 0.25) is 10.0 Å². The van der Waals surface area contributed by atoms with Crippen LogP contribution in [0.4, 0.5) is 14.9 Å². The maximum atomic E-state index is 13.7. The normalized spacial score (nSPS) is 16.8. The lowest BCUT2D eigenvalue weighted by molar-refractivity contribution is -0.129. The van der Waals surface area contributed by atoms with Gasteiger partial charge in [-0.15, -0.1) is 0 Å². The Morgan fingerprint density at radius 1 is 1.02 bits per heavy atom. The minimum Gasteiger partial charge on any atom is -0.434 e. The molecular formula is C32H38FN3O6S. The number of sulfonamides is 1. The Hall–Kier alpha value is -3.80. The predicted octanol–water partition coefficient (Wildman–Crippen LogP) is 4.15. The van der Waals surface area contributed by atoms with Gasteiger partial charge in [0.05, 0.1) is 23.6 Å². The van der Waals surface area contributed by atoms with Gasteiger partial charge >= 0.3 is 6.09 Å². The van der Waals surface area contributed by atoms with E-state index in [1.807, 2.05) is 51.1 Å². The van der Waals surface area contributed by atoms with Crippen molar-refractivity contribution in [1.82, 2.24) is 9.62 Å². The van der Waals surface area contributed by atoms with Crippen LogP contribution in [-0.4, -0.2) is 67.7 Å². The van der Waals surface area contributed by atoms with Crippen LogP contribution in [0.2, 0.25) is 0 Å². The first kappa shape index (κ1) is 32.1. The highest BCUT2D eigenvalue weighted by Crippen LogP contribution is 2.23. The van der Waals surface area contributed by atoms with Crippen molar-refractivity contribution >= 4 is 27.7 Å². The molecule has 230 valence electrons. The molecular weight excluding hydrogens is 573 g/mol. The van der Waals surface area contributed by atoms with Crippen molar-refractivity contribution in [2.45, 2.75) is 56.8 Å². The topological polar surface area (TPSA) is 116 Å². The summed E-state index contributed by atoms with van der Waals surface area (Å²) < 4.78 is 47.3. The van der Waals surface area contributed by atoms with Crippen LogP contribution in [0.15, 0.2) is 83.8 Å². The molecule has 3 atom stereocenters. The van der Waals surface area contributed by atoms with Crippen LogP contribution in [0.3, 0.4) is 0 Å². The summed E-state index contributed by atoms with van der Waals surface area (Å²) in [6, 6.07) is 20.2. The molecule has 2 N–H and O–H groups in total. The SMILES string of the molecule is CCc1ccc(S(=O)(=O)N(CC(C)C)C[C@@H](O)[C@H](Cc2ccccc2)NC(=O)[C@@H]2CN(c3ccc(F)cc3)C(=O)O2)cc1. The van der Waals surface area contributed by atoms with Gasteiger partial charge in [-0.3, -0.25) is 9.69 Å². The minimum absolute atomic E-state index is 0.0330. The van der Waals surface area contributed by atoms with Gasteiger partial charge in [-0.2, -0.15) is 4.31 Å². The maximum absolute atomic E-state index is 13.7. The molecule has 11 heteroatoms. The molecule has 3 aromatic rings. The second-order valence-corrected chi connectivity index (χ2v) is 13.0. The molecule has 2 amide bonds. The van der Waals surface area contributed by atoms with E-state index in [2.05, 4.69) is 5.32 Å². The number of amides is 2. The number of halogens is 1. The number of nitrogens with zero attached hydrogens (tertiary/aromatic N) is 2. The van der Waals surface area contributed by atoms with E-state index in [1.165, 1.54) is 33.5 Å². The van der Waals surface area contributed by atoms with Crippen LogP contribution in [0.5, 0.6) is 0 Å². The summed E-state index contributed by atoms with van der Waals surface area (Å²) in [7, 11) is -3.96. The Labute approximate surface area is 252 Å². The zero-order valence-electron chi connectivity index (χ0n) is 24.5. The number of carbonyl (C=O) groups is 2. The van der Waals surface area contributed by atoms with Crippen molar-refractivity contribution in [2.75, 3.05) is 24.5 Å². The average molecular weight is 612 g/mol. The van der Waals surface area contributed by atoms with Crippen molar-refractivity contribution in [2.24, 2.45) is 5.92 Å². The van der Waals surface area contributed by atoms with Crippen LogP contribution in [0.1, 0.15) is 31.9 Å². The average Bonchev–Trinajstić information content (AvgIpc) is 3.38. The molecule has 0 bridgehead atoms. The van der Waals surface area contributed by atoms with Gasteiger partial charge in [-0.05, 0) is 66.3 Å². The van der Waals surface area contributed by atoms with Gasteiger partial charge in [0.15, 0.2) is 6.10 Å². The zero-order valence-corrected chi connectivity index (χ0v) is 25.3. The first-order chi connectivity index (χ1) is 20.5. The smallest absolute Gasteiger partial charge is 0.415 e. The molecule has 0 saturated carbocycles. The molecule has 3 aromatic carbocycles. The molecule has 1 heterocycles. The lowest BCUT2D eigenvalue weighted by Crippen LogP contribution is -2.53. The number of ether oxygens (including phenoxy) is 1. The summed E-state index contributed by atoms with van der Waals surface area (Å²) in [5.41, 5.74) is 2.20.